The highest BCUT2D eigenvalue weighted by Crippen LogP contribution is 2.28. The number of carbonyl (C=O) groups excluding carboxylic acids is 6. The fraction of sp³-hybridized carbons (Fsp3) is 0.314. The third-order valence-corrected chi connectivity index (χ3v) is 13.2. The molecule has 0 atom stereocenters. The number of hydrogen-bond donors (Lipinski definition) is 5. The fourth-order valence-electron chi connectivity index (χ4n) is 8.92. The lowest BCUT2D eigenvalue weighted by atomic mass is 9.80. The van der Waals surface area contributed by atoms with Gasteiger partial charge in [0, 0.05) is 72.3 Å². The normalized spacial score (nSPS) is 13.9. The van der Waals surface area contributed by atoms with E-state index in [-0.39, 0.29) is 36.0 Å². The molecule has 3 aliphatic heterocycles. The van der Waals surface area contributed by atoms with Gasteiger partial charge in [0.2, 0.25) is 0 Å². The maximum absolute atomic E-state index is 12.3. The molecule has 462 valence electrons. The van der Waals surface area contributed by atoms with Crippen LogP contribution in [0.25, 0.3) is 11.1 Å². The largest absolute Gasteiger partial charge is 0.488 e. The molecule has 3 aliphatic rings. The Hall–Kier alpha value is -9.26. The smallest absolute Gasteiger partial charge is 0.444 e. The van der Waals surface area contributed by atoms with Crippen molar-refractivity contribution in [1.82, 2.24) is 14.7 Å². The molecule has 6 aromatic rings. The predicted octanol–water partition coefficient (Wildman–Crippen LogP) is 13.8. The topological polar surface area (TPSA) is 216 Å². The van der Waals surface area contributed by atoms with Crippen molar-refractivity contribution in [3.8, 4) is 0 Å². The number of hydrogen-bond acceptors (Lipinski definition) is 11. The van der Waals surface area contributed by atoms with E-state index in [1.807, 2.05) is 173 Å². The first kappa shape index (κ1) is 67.9. The molecule has 0 bridgehead atoms. The van der Waals surface area contributed by atoms with Crippen LogP contribution in [-0.4, -0.2) is 111 Å². The van der Waals surface area contributed by atoms with Crippen molar-refractivity contribution in [2.24, 2.45) is 0 Å². The van der Waals surface area contributed by atoms with Crippen LogP contribution in [0.3, 0.4) is 0 Å². The molecule has 0 unspecified atom stereocenters. The molecule has 0 aromatic heterocycles. The first-order chi connectivity index (χ1) is 41.7. The lowest BCUT2D eigenvalue weighted by molar-refractivity contribution is 0.0269. The fourth-order valence-corrected chi connectivity index (χ4v) is 8.92. The number of anilines is 3. The molecule has 0 saturated carbocycles. The van der Waals surface area contributed by atoms with E-state index in [2.05, 4.69) is 22.0 Å². The van der Waals surface area contributed by atoms with Gasteiger partial charge in [-0.1, -0.05) is 103 Å². The van der Waals surface area contributed by atoms with Gasteiger partial charge in [-0.3, -0.25) is 24.2 Å². The summed E-state index contributed by atoms with van der Waals surface area (Å²) in [5, 5.41) is 26.4. The number of benzene rings is 6. The Labute approximate surface area is 518 Å². The Morgan fingerprint density at radius 1 is 0.443 bits per heavy atom. The molecule has 3 heterocycles. The van der Waals surface area contributed by atoms with Crippen LogP contribution in [0.5, 0.6) is 0 Å². The van der Waals surface area contributed by atoms with Gasteiger partial charge in [0.25, 0.3) is 17.7 Å². The van der Waals surface area contributed by atoms with E-state index in [0.717, 1.165) is 72.3 Å². The van der Waals surface area contributed by atoms with Crippen LogP contribution in [0.1, 0.15) is 144 Å². The molecule has 9 rings (SSSR count). The minimum Gasteiger partial charge on any atom is -0.444 e. The highest BCUT2D eigenvalue weighted by atomic mass is 16.6. The summed E-state index contributed by atoms with van der Waals surface area (Å²) < 4.78 is 16.2. The van der Waals surface area contributed by atoms with E-state index in [4.69, 9.17) is 24.3 Å². The molecule has 6 amide bonds. The highest BCUT2D eigenvalue weighted by Gasteiger charge is 2.27. The second kappa shape index (κ2) is 31.9. The van der Waals surface area contributed by atoms with Crippen LogP contribution in [0.2, 0.25) is 0 Å². The molecular formula is C70H83BN6O11. The number of ether oxygens (including phenoxy) is 3. The molecule has 0 fully saturated rings. The van der Waals surface area contributed by atoms with Gasteiger partial charge in [0.15, 0.2) is 0 Å². The Bertz CT molecular complexity index is 3370. The summed E-state index contributed by atoms with van der Waals surface area (Å²) in [6.07, 6.45) is 9.75. The molecular weight excluding hydrogens is 1110 g/mol. The minimum absolute atomic E-state index is 0.138. The molecule has 5 N–H and O–H groups in total. The summed E-state index contributed by atoms with van der Waals surface area (Å²) >= 11 is 0. The summed E-state index contributed by atoms with van der Waals surface area (Å²) in [5.41, 5.74) is 8.31. The van der Waals surface area contributed by atoms with Crippen molar-refractivity contribution in [3.05, 3.63) is 216 Å². The van der Waals surface area contributed by atoms with Gasteiger partial charge in [-0.2, -0.15) is 0 Å². The zero-order valence-electron chi connectivity index (χ0n) is 52.2. The molecule has 0 aliphatic carbocycles. The SMILES string of the molecule is CC(C)(C)OC(=O)N1C=C(c2ccc(NC(=O)c3ccccc3)cc2)CCC1.CC(C)(C)OC(=O)N1CCC=C(c2ccc(NC(=O)c3ccccc3)cc2)C1.CC1=CN(C(=O)OC(C)(C)C)CCC1.O=C(Nc1ccc(B(O)O)cc1)c1ccccc1. The number of carbonyl (C=O) groups is 6. The summed E-state index contributed by atoms with van der Waals surface area (Å²) in [6, 6.07) is 48.8. The monoisotopic (exact) mass is 1190 g/mol. The van der Waals surface area contributed by atoms with Crippen LogP contribution in [0.15, 0.2) is 188 Å². The quantitative estimate of drug-likeness (QED) is 0.0678. The Morgan fingerprint density at radius 3 is 1.19 bits per heavy atom. The van der Waals surface area contributed by atoms with Gasteiger partial charge in [0.1, 0.15) is 16.8 Å². The first-order valence-electron chi connectivity index (χ1n) is 29.5. The van der Waals surface area contributed by atoms with E-state index in [1.54, 1.807) is 87.5 Å². The Morgan fingerprint density at radius 2 is 0.807 bits per heavy atom. The van der Waals surface area contributed by atoms with E-state index in [9.17, 15) is 28.8 Å². The average molecular weight is 1200 g/mol. The Kier molecular flexibility index (Phi) is 24.6. The zero-order chi connectivity index (χ0) is 64.0. The van der Waals surface area contributed by atoms with Gasteiger partial charge in [0.05, 0.1) is 0 Å². The maximum atomic E-state index is 12.3. The maximum Gasteiger partial charge on any atom is 0.488 e. The summed E-state index contributed by atoms with van der Waals surface area (Å²) in [7, 11) is -1.50. The van der Waals surface area contributed by atoms with Crippen LogP contribution in [0.4, 0.5) is 31.4 Å². The number of nitrogens with one attached hydrogen (secondary N) is 3. The van der Waals surface area contributed by atoms with Gasteiger partial charge in [-0.15, -0.1) is 0 Å². The summed E-state index contributed by atoms with van der Waals surface area (Å²) in [5.74, 6) is -0.476. The van der Waals surface area contributed by atoms with Gasteiger partial charge < -0.3 is 45.1 Å². The van der Waals surface area contributed by atoms with Gasteiger partial charge in [-0.25, -0.2) is 14.4 Å². The van der Waals surface area contributed by atoms with Crippen LogP contribution in [-0.2, 0) is 14.2 Å². The number of rotatable bonds is 9. The summed E-state index contributed by atoms with van der Waals surface area (Å²) in [4.78, 5) is 77.6. The minimum atomic E-state index is -1.50. The molecule has 0 spiro atoms. The van der Waals surface area contributed by atoms with E-state index in [1.165, 1.54) is 5.57 Å². The number of nitrogens with zero attached hydrogens (tertiary/aromatic N) is 3. The van der Waals surface area contributed by atoms with Crippen LogP contribution < -0.4 is 21.4 Å². The molecule has 6 aromatic carbocycles. The van der Waals surface area contributed by atoms with Crippen molar-refractivity contribution >= 4 is 76.8 Å². The standard InChI is InChI=1S/2C23H26N2O3.C13H12BNO3.C11H19NO2/c2*1-23(2,3)28-22(27)25-15-7-10-19(16-25)17-11-13-20(14-12-17)24-21(26)18-8-5-4-6-9-18;16-13(10-4-2-1-3-5-10)15-12-8-6-11(7-9-12)14(17)18;1-9-6-5-7-12(8-9)10(13)14-11(2,3)4/h4-6,8-9,11-14,16H,7,10,15H2,1-3H3,(H,24,26);4-6,8-14H,7,15-16H2,1-3H3,(H,24,26);1-9,17-18H,(H,15,16);8H,5-7H2,1-4H3. The van der Waals surface area contributed by atoms with Crippen molar-refractivity contribution in [2.45, 2.75) is 118 Å². The average Bonchev–Trinajstić information content (AvgIpc) is 3.41. The van der Waals surface area contributed by atoms with E-state index < -0.39 is 23.9 Å². The number of allylic oxidation sites excluding steroid dienone is 2. The first-order valence-corrected chi connectivity index (χ1v) is 29.5. The molecule has 18 heteroatoms. The van der Waals surface area contributed by atoms with Crippen molar-refractivity contribution in [3.63, 3.8) is 0 Å². The van der Waals surface area contributed by atoms with Crippen molar-refractivity contribution in [2.75, 3.05) is 42.1 Å². The highest BCUT2D eigenvalue weighted by molar-refractivity contribution is 6.58. The lowest BCUT2D eigenvalue weighted by Crippen LogP contribution is -2.39. The third-order valence-electron chi connectivity index (χ3n) is 13.2. The number of amides is 6. The second-order valence-corrected chi connectivity index (χ2v) is 24.2. The van der Waals surface area contributed by atoms with Crippen LogP contribution in [0, 0.1) is 0 Å². The van der Waals surface area contributed by atoms with Gasteiger partial charge in [-0.05, 0) is 202 Å². The van der Waals surface area contributed by atoms with Crippen molar-refractivity contribution in [1.29, 1.82) is 0 Å². The molecule has 17 nitrogen and oxygen atoms in total. The second-order valence-electron chi connectivity index (χ2n) is 24.2. The van der Waals surface area contributed by atoms with Crippen molar-refractivity contribution < 1.29 is 53.0 Å². The third kappa shape index (κ3) is 23.2. The molecule has 0 saturated heterocycles. The van der Waals surface area contributed by atoms with E-state index >= 15 is 0 Å². The Balaban J connectivity index is 0.000000194. The molecule has 88 heavy (non-hydrogen) atoms. The summed E-state index contributed by atoms with van der Waals surface area (Å²) in [6.45, 7) is 21.5. The zero-order valence-corrected chi connectivity index (χ0v) is 52.2. The predicted molar refractivity (Wildman–Crippen MR) is 349 cm³/mol. The van der Waals surface area contributed by atoms with Crippen LogP contribution >= 0.6 is 0 Å². The molecule has 0 radical (unpaired) electrons. The lowest BCUT2D eigenvalue weighted by Gasteiger charge is -2.30. The van der Waals surface area contributed by atoms with E-state index in [0.29, 0.717) is 47.5 Å². The van der Waals surface area contributed by atoms with Gasteiger partial charge >= 0.3 is 25.4 Å².